The fourth-order valence-corrected chi connectivity index (χ4v) is 6.30. The second-order valence-electron chi connectivity index (χ2n) is 15.0. The van der Waals surface area contributed by atoms with Gasteiger partial charge in [-0.1, -0.05) is 153 Å². The van der Waals surface area contributed by atoms with Gasteiger partial charge in [-0.3, -0.25) is 13.8 Å². The van der Waals surface area contributed by atoms with Crippen molar-refractivity contribution in [3.8, 4) is 0 Å². The van der Waals surface area contributed by atoms with Gasteiger partial charge in [-0.05, 0) is 44.9 Å². The van der Waals surface area contributed by atoms with Gasteiger partial charge in [0, 0.05) is 6.42 Å². The second kappa shape index (κ2) is 33.5. The van der Waals surface area contributed by atoms with Gasteiger partial charge in [0.25, 0.3) is 0 Å². The van der Waals surface area contributed by atoms with Crippen LogP contribution in [-0.2, 0) is 18.4 Å². The molecule has 9 heteroatoms. The third-order valence-corrected chi connectivity index (χ3v) is 9.87. The van der Waals surface area contributed by atoms with Crippen LogP contribution in [-0.4, -0.2) is 73.4 Å². The zero-order valence-electron chi connectivity index (χ0n) is 33.1. The van der Waals surface area contributed by atoms with E-state index in [1.54, 1.807) is 6.08 Å². The number of likely N-dealkylation sites (N-methyl/N-ethyl adjacent to an activating group) is 1. The first-order valence-corrected chi connectivity index (χ1v) is 21.9. The summed E-state index contributed by atoms with van der Waals surface area (Å²) < 4.78 is 23.4. The van der Waals surface area contributed by atoms with E-state index in [2.05, 4.69) is 43.5 Å². The number of hydrogen-bond donors (Lipinski definition) is 3. The molecule has 0 saturated heterocycles. The molecular weight excluding hydrogens is 647 g/mol. The summed E-state index contributed by atoms with van der Waals surface area (Å²) in [6.45, 7) is 4.74. The topological polar surface area (TPSA) is 105 Å². The number of allylic oxidation sites excluding steroid dienone is 5. The van der Waals surface area contributed by atoms with E-state index in [0.717, 1.165) is 38.5 Å². The lowest BCUT2D eigenvalue weighted by Gasteiger charge is -2.25. The van der Waals surface area contributed by atoms with Gasteiger partial charge >= 0.3 is 7.82 Å². The zero-order chi connectivity index (χ0) is 37.2. The highest BCUT2D eigenvalue weighted by Gasteiger charge is 2.27. The van der Waals surface area contributed by atoms with Crippen LogP contribution in [0.5, 0.6) is 0 Å². The Morgan fingerprint density at radius 3 is 1.64 bits per heavy atom. The van der Waals surface area contributed by atoms with Crippen molar-refractivity contribution in [2.75, 3.05) is 40.9 Å². The lowest BCUT2D eigenvalue weighted by atomic mass is 10.0. The number of aliphatic hydroxyl groups excluding tert-OH is 1. The third kappa shape index (κ3) is 35.1. The molecule has 0 aliphatic rings. The van der Waals surface area contributed by atoms with Gasteiger partial charge in [0.2, 0.25) is 5.91 Å². The molecule has 1 amide bonds. The summed E-state index contributed by atoms with van der Waals surface area (Å²) >= 11 is 0. The summed E-state index contributed by atoms with van der Waals surface area (Å²) in [7, 11) is 1.56. The van der Waals surface area contributed by atoms with E-state index >= 15 is 0 Å². The first-order chi connectivity index (χ1) is 24.0. The van der Waals surface area contributed by atoms with E-state index < -0.39 is 20.0 Å². The number of phosphoric ester groups is 1. The van der Waals surface area contributed by atoms with Gasteiger partial charge in [0.05, 0.1) is 39.9 Å². The van der Waals surface area contributed by atoms with Crippen molar-refractivity contribution < 1.29 is 32.9 Å². The minimum atomic E-state index is -4.33. The molecule has 3 N–H and O–H groups in total. The lowest BCUT2D eigenvalue weighted by molar-refractivity contribution is -0.870. The smallest absolute Gasteiger partial charge is 0.387 e. The normalized spacial score (nSPS) is 14.9. The van der Waals surface area contributed by atoms with E-state index in [0.29, 0.717) is 17.4 Å². The SMILES string of the molecule is CCCCC/C=C\C=C/CCCCCCCCCCCCC(=O)NC(COP(=O)(O)OCC[N+](C)(C)C)C(O)/C=C/CCCCCCCCC. The molecule has 0 aliphatic heterocycles. The maximum absolute atomic E-state index is 12.8. The number of carbonyl (C=O) groups is 1. The van der Waals surface area contributed by atoms with Gasteiger partial charge < -0.3 is 19.8 Å². The van der Waals surface area contributed by atoms with E-state index in [1.165, 1.54) is 109 Å². The average Bonchev–Trinajstić information content (AvgIpc) is 3.06. The van der Waals surface area contributed by atoms with Crippen LogP contribution in [0.1, 0.15) is 168 Å². The molecule has 0 aromatic rings. The van der Waals surface area contributed by atoms with Crippen LogP contribution in [0.4, 0.5) is 0 Å². The van der Waals surface area contributed by atoms with Crippen molar-refractivity contribution >= 4 is 13.7 Å². The van der Waals surface area contributed by atoms with Crippen molar-refractivity contribution in [2.24, 2.45) is 0 Å². The molecule has 0 radical (unpaired) electrons. The average molecular weight is 728 g/mol. The molecule has 3 atom stereocenters. The first-order valence-electron chi connectivity index (χ1n) is 20.4. The minimum Gasteiger partial charge on any atom is -0.387 e. The number of quaternary nitrogens is 1. The Morgan fingerprint density at radius 1 is 0.680 bits per heavy atom. The third-order valence-electron chi connectivity index (χ3n) is 8.88. The highest BCUT2D eigenvalue weighted by molar-refractivity contribution is 7.47. The molecular formula is C41H80N2O6P+. The Balaban J connectivity index is 4.36. The van der Waals surface area contributed by atoms with Gasteiger partial charge in [-0.25, -0.2) is 4.57 Å². The first kappa shape index (κ1) is 48.7. The molecule has 0 aliphatic carbocycles. The van der Waals surface area contributed by atoms with Gasteiger partial charge in [-0.2, -0.15) is 0 Å². The molecule has 0 fully saturated rings. The van der Waals surface area contributed by atoms with Gasteiger partial charge in [0.1, 0.15) is 13.2 Å². The van der Waals surface area contributed by atoms with Crippen LogP contribution in [0.25, 0.3) is 0 Å². The number of nitrogens with one attached hydrogen (secondary N) is 1. The van der Waals surface area contributed by atoms with Crippen LogP contribution in [0.2, 0.25) is 0 Å². The number of nitrogens with zero attached hydrogens (tertiary/aromatic N) is 1. The van der Waals surface area contributed by atoms with Crippen molar-refractivity contribution in [2.45, 2.75) is 180 Å². The van der Waals surface area contributed by atoms with E-state index in [-0.39, 0.29) is 19.1 Å². The predicted octanol–water partition coefficient (Wildman–Crippen LogP) is 10.7. The molecule has 294 valence electrons. The molecule has 8 nitrogen and oxygen atoms in total. The Kier molecular flexibility index (Phi) is 32.7. The molecule has 3 unspecified atom stereocenters. The fourth-order valence-electron chi connectivity index (χ4n) is 5.56. The summed E-state index contributed by atoms with van der Waals surface area (Å²) in [4.78, 5) is 23.0. The van der Waals surface area contributed by atoms with Gasteiger partial charge in [0.15, 0.2) is 0 Å². The van der Waals surface area contributed by atoms with Crippen LogP contribution in [0, 0.1) is 0 Å². The lowest BCUT2D eigenvalue weighted by Crippen LogP contribution is -2.45. The Bertz CT molecular complexity index is 917. The summed E-state index contributed by atoms with van der Waals surface area (Å²) in [6, 6.07) is -0.844. The molecule has 0 heterocycles. The van der Waals surface area contributed by atoms with Crippen LogP contribution in [0.3, 0.4) is 0 Å². The number of aliphatic hydroxyl groups is 1. The Hall–Kier alpha value is -1.28. The van der Waals surface area contributed by atoms with Crippen LogP contribution in [0.15, 0.2) is 36.5 Å². The summed E-state index contributed by atoms with van der Waals surface area (Å²) in [6.07, 6.45) is 39.2. The van der Waals surface area contributed by atoms with E-state index in [4.69, 9.17) is 9.05 Å². The summed E-state index contributed by atoms with van der Waals surface area (Å²) in [5.74, 6) is -0.185. The van der Waals surface area contributed by atoms with Crippen molar-refractivity contribution in [3.63, 3.8) is 0 Å². The molecule has 0 bridgehead atoms. The molecule has 0 aromatic heterocycles. The van der Waals surface area contributed by atoms with E-state index in [9.17, 15) is 19.4 Å². The Morgan fingerprint density at radius 2 is 1.12 bits per heavy atom. The summed E-state index contributed by atoms with van der Waals surface area (Å²) in [5.41, 5.74) is 0. The maximum atomic E-state index is 12.8. The van der Waals surface area contributed by atoms with Crippen molar-refractivity contribution in [3.05, 3.63) is 36.5 Å². The molecule has 0 rings (SSSR count). The highest BCUT2D eigenvalue weighted by Crippen LogP contribution is 2.43. The standard InChI is InChI=1S/C41H79N2O6P/c1-6-8-10-12-14-16-17-18-19-20-21-22-23-24-25-27-29-31-33-35-41(45)42-39(38-49-50(46,47)48-37-36-43(3,4)5)40(44)34-32-30-28-26-15-13-11-9-7-2/h14,16-18,32,34,39-40,44H,6-13,15,19-31,33,35-38H2,1-5H3,(H-,42,45,46,47)/p+1/b16-14-,18-17-,34-32+. The second-order valence-corrected chi connectivity index (χ2v) is 16.5. The quantitative estimate of drug-likeness (QED) is 0.0195. The molecule has 0 saturated carbocycles. The van der Waals surface area contributed by atoms with Crippen LogP contribution >= 0.6 is 7.82 Å². The summed E-state index contributed by atoms with van der Waals surface area (Å²) in [5, 5.41) is 13.7. The largest absolute Gasteiger partial charge is 0.472 e. The number of rotatable bonds is 36. The fraction of sp³-hybridized carbons (Fsp3) is 0.829. The molecule has 50 heavy (non-hydrogen) atoms. The van der Waals surface area contributed by atoms with Gasteiger partial charge in [-0.15, -0.1) is 0 Å². The predicted molar refractivity (Wildman–Crippen MR) is 212 cm³/mol. The number of hydrogen-bond acceptors (Lipinski definition) is 5. The minimum absolute atomic E-state index is 0.0601. The number of amides is 1. The highest BCUT2D eigenvalue weighted by atomic mass is 31.2. The molecule has 0 spiro atoms. The number of unbranched alkanes of at least 4 members (excludes halogenated alkanes) is 20. The number of phosphoric acid groups is 1. The Labute approximate surface area is 308 Å². The molecule has 0 aromatic carbocycles. The van der Waals surface area contributed by atoms with Crippen molar-refractivity contribution in [1.29, 1.82) is 0 Å². The zero-order valence-corrected chi connectivity index (χ0v) is 34.0. The number of carbonyl (C=O) groups excluding carboxylic acids is 1. The maximum Gasteiger partial charge on any atom is 0.472 e. The van der Waals surface area contributed by atoms with E-state index in [1.807, 2.05) is 27.2 Å². The van der Waals surface area contributed by atoms with Crippen molar-refractivity contribution in [1.82, 2.24) is 5.32 Å². The monoisotopic (exact) mass is 728 g/mol. The van der Waals surface area contributed by atoms with Crippen LogP contribution < -0.4 is 5.32 Å².